The van der Waals surface area contributed by atoms with Gasteiger partial charge < -0.3 is 10.1 Å². The molecule has 1 aromatic heterocycles. The number of carbonyl (C=O) groups is 1. The normalized spacial score (nSPS) is 15.1. The van der Waals surface area contributed by atoms with Crippen LogP contribution in [0.25, 0.3) is 22.0 Å². The molecule has 0 unspecified atom stereocenters. The molecule has 2 heterocycles. The number of hydrogen-bond acceptors (Lipinski definition) is 5. The van der Waals surface area contributed by atoms with Crippen LogP contribution in [-0.4, -0.2) is 53.9 Å². The summed E-state index contributed by atoms with van der Waals surface area (Å²) < 4.78 is 5.39. The molecule has 32 heavy (non-hydrogen) atoms. The van der Waals surface area contributed by atoms with Crippen LogP contribution < -0.4 is 10.9 Å². The topological polar surface area (TPSA) is 87.3 Å². The van der Waals surface area contributed by atoms with Gasteiger partial charge in [0.15, 0.2) is 0 Å². The van der Waals surface area contributed by atoms with Crippen LogP contribution in [0.2, 0.25) is 0 Å². The molecule has 168 valence electrons. The summed E-state index contributed by atoms with van der Waals surface area (Å²) in [5.74, 6) is -0.00378. The van der Waals surface area contributed by atoms with Crippen molar-refractivity contribution in [3.63, 3.8) is 0 Å². The highest BCUT2D eigenvalue weighted by molar-refractivity contribution is 5.97. The molecule has 2 aromatic carbocycles. The number of anilines is 1. The lowest BCUT2D eigenvalue weighted by molar-refractivity contribution is -0.124. The summed E-state index contributed by atoms with van der Waals surface area (Å²) in [6.07, 6.45) is 1.77. The number of nitrogens with one attached hydrogen (secondary N) is 2. The second-order valence-corrected chi connectivity index (χ2v) is 8.92. The SMILES string of the molecule is CC(C)(CCCN1CCOCC1)C(=O)Nc1cccc(-c2n[nH]c(=O)c3ccccc23)c1. The minimum absolute atomic E-state index is 0.00378. The largest absolute Gasteiger partial charge is 0.379 e. The third-order valence-corrected chi connectivity index (χ3v) is 6.08. The Labute approximate surface area is 187 Å². The molecule has 1 fully saturated rings. The lowest BCUT2D eigenvalue weighted by atomic mass is 9.86. The van der Waals surface area contributed by atoms with Gasteiger partial charge in [-0.15, -0.1) is 0 Å². The lowest BCUT2D eigenvalue weighted by Crippen LogP contribution is -2.38. The standard InChI is InChI=1S/C25H30N4O3/c1-25(2,11-6-12-29-13-15-32-16-14-29)24(31)26-19-8-5-7-18(17-19)22-20-9-3-4-10-21(20)23(30)28-27-22/h3-5,7-10,17H,6,11-16H2,1-2H3,(H,26,31)(H,28,30). The first kappa shape index (κ1) is 22.2. The molecule has 4 rings (SSSR count). The van der Waals surface area contributed by atoms with Gasteiger partial charge in [0.05, 0.1) is 24.3 Å². The van der Waals surface area contributed by atoms with Crippen LogP contribution in [0.3, 0.4) is 0 Å². The predicted octanol–water partition coefficient (Wildman–Crippen LogP) is 3.67. The quantitative estimate of drug-likeness (QED) is 0.593. The molecule has 0 spiro atoms. The number of morpholine rings is 1. The highest BCUT2D eigenvalue weighted by Gasteiger charge is 2.27. The Morgan fingerprint density at radius 2 is 1.88 bits per heavy atom. The molecule has 1 aliphatic rings. The minimum Gasteiger partial charge on any atom is -0.379 e. The molecule has 0 saturated carbocycles. The molecule has 0 atom stereocenters. The maximum atomic E-state index is 13.0. The van der Waals surface area contributed by atoms with Gasteiger partial charge in [0.2, 0.25) is 5.91 Å². The number of H-pyrrole nitrogens is 1. The molecule has 3 aromatic rings. The van der Waals surface area contributed by atoms with Crippen molar-refractivity contribution in [3.8, 4) is 11.3 Å². The van der Waals surface area contributed by atoms with Crippen molar-refractivity contribution in [1.29, 1.82) is 0 Å². The first-order valence-corrected chi connectivity index (χ1v) is 11.1. The molecule has 0 radical (unpaired) electrons. The number of ether oxygens (including phenoxy) is 1. The van der Waals surface area contributed by atoms with Crippen LogP contribution in [0.4, 0.5) is 5.69 Å². The summed E-state index contributed by atoms with van der Waals surface area (Å²) in [4.78, 5) is 27.5. The molecule has 0 aliphatic carbocycles. The van der Waals surface area contributed by atoms with E-state index < -0.39 is 5.41 Å². The summed E-state index contributed by atoms with van der Waals surface area (Å²) in [7, 11) is 0. The third kappa shape index (κ3) is 5.06. The van der Waals surface area contributed by atoms with E-state index in [4.69, 9.17) is 4.74 Å². The number of amides is 1. The Bertz CT molecular complexity index is 1150. The Kier molecular flexibility index (Phi) is 6.67. The van der Waals surface area contributed by atoms with Crippen LogP contribution in [0.1, 0.15) is 26.7 Å². The monoisotopic (exact) mass is 434 g/mol. The van der Waals surface area contributed by atoms with Crippen LogP contribution in [0.5, 0.6) is 0 Å². The summed E-state index contributed by atoms with van der Waals surface area (Å²) >= 11 is 0. The van der Waals surface area contributed by atoms with E-state index in [0.717, 1.165) is 56.6 Å². The van der Waals surface area contributed by atoms with Gasteiger partial charge in [-0.25, -0.2) is 5.10 Å². The van der Waals surface area contributed by atoms with Crippen LogP contribution in [0, 0.1) is 5.41 Å². The van der Waals surface area contributed by atoms with E-state index in [9.17, 15) is 9.59 Å². The van der Waals surface area contributed by atoms with Gasteiger partial charge in [0, 0.05) is 35.1 Å². The van der Waals surface area contributed by atoms with Gasteiger partial charge in [0.25, 0.3) is 5.56 Å². The second-order valence-electron chi connectivity index (χ2n) is 8.92. The number of aromatic nitrogens is 2. The Morgan fingerprint density at radius 3 is 2.66 bits per heavy atom. The van der Waals surface area contributed by atoms with Crippen LogP contribution in [-0.2, 0) is 9.53 Å². The zero-order valence-corrected chi connectivity index (χ0v) is 18.7. The first-order valence-electron chi connectivity index (χ1n) is 11.1. The molecule has 1 aliphatic heterocycles. The summed E-state index contributed by atoms with van der Waals surface area (Å²) in [6.45, 7) is 8.48. The number of rotatable bonds is 7. The Morgan fingerprint density at radius 1 is 1.12 bits per heavy atom. The Hall–Kier alpha value is -3.03. The Balaban J connectivity index is 1.45. The summed E-state index contributed by atoms with van der Waals surface area (Å²) in [6, 6.07) is 15.0. The molecular weight excluding hydrogens is 404 g/mol. The van der Waals surface area contributed by atoms with Gasteiger partial charge in [-0.1, -0.05) is 44.2 Å². The fraction of sp³-hybridized carbons (Fsp3) is 0.400. The number of nitrogens with zero attached hydrogens (tertiary/aromatic N) is 2. The third-order valence-electron chi connectivity index (χ3n) is 6.08. The van der Waals surface area contributed by atoms with E-state index in [-0.39, 0.29) is 11.5 Å². The van der Waals surface area contributed by atoms with Gasteiger partial charge in [-0.3, -0.25) is 14.5 Å². The van der Waals surface area contributed by atoms with Crippen molar-refractivity contribution in [1.82, 2.24) is 15.1 Å². The lowest BCUT2D eigenvalue weighted by Gasteiger charge is -2.29. The number of hydrogen-bond donors (Lipinski definition) is 2. The number of fused-ring (bicyclic) bond motifs is 1. The van der Waals surface area contributed by atoms with E-state index in [1.54, 1.807) is 6.07 Å². The van der Waals surface area contributed by atoms with E-state index in [2.05, 4.69) is 20.4 Å². The van der Waals surface area contributed by atoms with E-state index in [1.165, 1.54) is 0 Å². The zero-order chi connectivity index (χ0) is 22.6. The maximum absolute atomic E-state index is 13.0. The molecule has 7 nitrogen and oxygen atoms in total. The maximum Gasteiger partial charge on any atom is 0.272 e. The average Bonchev–Trinajstić information content (AvgIpc) is 2.80. The predicted molar refractivity (Wildman–Crippen MR) is 127 cm³/mol. The number of aromatic amines is 1. The summed E-state index contributed by atoms with van der Waals surface area (Å²) in [5, 5.41) is 11.3. The smallest absolute Gasteiger partial charge is 0.272 e. The van der Waals surface area contributed by atoms with Crippen molar-refractivity contribution in [2.24, 2.45) is 5.41 Å². The van der Waals surface area contributed by atoms with Crippen molar-refractivity contribution in [2.75, 3.05) is 38.2 Å². The molecule has 1 saturated heterocycles. The van der Waals surface area contributed by atoms with E-state index in [0.29, 0.717) is 16.8 Å². The van der Waals surface area contributed by atoms with Gasteiger partial charge in [-0.2, -0.15) is 5.10 Å². The zero-order valence-electron chi connectivity index (χ0n) is 18.7. The minimum atomic E-state index is -0.481. The highest BCUT2D eigenvalue weighted by Crippen LogP contribution is 2.28. The van der Waals surface area contributed by atoms with Crippen molar-refractivity contribution in [3.05, 3.63) is 58.9 Å². The van der Waals surface area contributed by atoms with Crippen molar-refractivity contribution >= 4 is 22.4 Å². The molecule has 0 bridgehead atoms. The van der Waals surface area contributed by atoms with Crippen molar-refractivity contribution < 1.29 is 9.53 Å². The fourth-order valence-corrected chi connectivity index (χ4v) is 4.06. The van der Waals surface area contributed by atoms with Gasteiger partial charge >= 0.3 is 0 Å². The fourth-order valence-electron chi connectivity index (χ4n) is 4.06. The van der Waals surface area contributed by atoms with Crippen LogP contribution in [0.15, 0.2) is 53.3 Å². The van der Waals surface area contributed by atoms with Crippen molar-refractivity contribution in [2.45, 2.75) is 26.7 Å². The van der Waals surface area contributed by atoms with E-state index >= 15 is 0 Å². The first-order chi connectivity index (χ1) is 15.4. The average molecular weight is 435 g/mol. The molecular formula is C25H30N4O3. The molecule has 2 N–H and O–H groups in total. The van der Waals surface area contributed by atoms with Crippen LogP contribution >= 0.6 is 0 Å². The molecule has 1 amide bonds. The van der Waals surface area contributed by atoms with Gasteiger partial charge in [-0.05, 0) is 37.6 Å². The van der Waals surface area contributed by atoms with E-state index in [1.807, 2.05) is 56.3 Å². The molecule has 7 heteroatoms. The van der Waals surface area contributed by atoms with Gasteiger partial charge in [0.1, 0.15) is 0 Å². The number of carbonyl (C=O) groups excluding carboxylic acids is 1. The second kappa shape index (κ2) is 9.63. The summed E-state index contributed by atoms with van der Waals surface area (Å²) in [5.41, 5.74) is 1.53. The highest BCUT2D eigenvalue weighted by atomic mass is 16.5. The number of benzene rings is 2.